The number of rotatable bonds is 4. The molecule has 1 aromatic carbocycles. The molecule has 4 nitrogen and oxygen atoms in total. The van der Waals surface area contributed by atoms with Gasteiger partial charge in [-0.15, -0.1) is 0 Å². The van der Waals surface area contributed by atoms with Gasteiger partial charge in [0.25, 0.3) is 0 Å². The van der Waals surface area contributed by atoms with Crippen LogP contribution in [0.1, 0.15) is 22.8 Å². The van der Waals surface area contributed by atoms with Gasteiger partial charge in [-0.05, 0) is 23.2 Å². The first-order valence-electron chi connectivity index (χ1n) is 5.98. The Balaban J connectivity index is 2.17. The van der Waals surface area contributed by atoms with Gasteiger partial charge in [-0.2, -0.15) is 22.8 Å². The molecule has 0 saturated heterocycles. The summed E-state index contributed by atoms with van der Waals surface area (Å²) in [5, 5.41) is 21.9. The Morgan fingerprint density at radius 3 is 2.73 bits per heavy atom. The summed E-state index contributed by atoms with van der Waals surface area (Å²) >= 11 is 6.59. The van der Waals surface area contributed by atoms with Crippen LogP contribution in [0.4, 0.5) is 18.2 Å². The molecule has 1 heterocycles. The van der Waals surface area contributed by atoms with E-state index in [1.54, 1.807) is 0 Å². The Kier molecular flexibility index (Phi) is 4.90. The van der Waals surface area contributed by atoms with Crippen molar-refractivity contribution in [3.05, 3.63) is 46.1 Å². The topological polar surface area (TPSA) is 68.9 Å². The third-order valence-electron chi connectivity index (χ3n) is 2.84. The molecule has 22 heavy (non-hydrogen) atoms. The zero-order valence-electron chi connectivity index (χ0n) is 10.9. The van der Waals surface area contributed by atoms with E-state index >= 15 is 0 Å². The molecule has 0 fully saturated rings. The Hall–Kier alpha value is -1.82. The van der Waals surface area contributed by atoms with E-state index in [1.165, 1.54) is 18.2 Å². The number of aliphatic hydroxyl groups excluding tert-OH is 1. The lowest BCUT2D eigenvalue weighted by molar-refractivity contribution is -0.139. The number of aliphatic hydroxyl groups is 1. The van der Waals surface area contributed by atoms with Crippen LogP contribution in [0.2, 0.25) is 5.15 Å². The monoisotopic (exact) mass is 347 g/mol. The summed E-state index contributed by atoms with van der Waals surface area (Å²) < 4.78 is 42.4. The van der Waals surface area contributed by atoms with Gasteiger partial charge in [0.2, 0.25) is 0 Å². The Bertz CT molecular complexity index is 711. The predicted octanol–water partition coefficient (Wildman–Crippen LogP) is 3.83. The van der Waals surface area contributed by atoms with Gasteiger partial charge in [-0.1, -0.05) is 29.8 Å². The summed E-state index contributed by atoms with van der Waals surface area (Å²) in [6, 6.07) is 6.62. The molecule has 0 amide bonds. The third kappa shape index (κ3) is 3.50. The van der Waals surface area contributed by atoms with Gasteiger partial charge in [0, 0.05) is 6.54 Å². The van der Waals surface area contributed by atoms with E-state index in [9.17, 15) is 18.3 Å². The van der Waals surface area contributed by atoms with E-state index in [1.807, 2.05) is 6.07 Å². The summed E-state index contributed by atoms with van der Waals surface area (Å²) in [6.45, 7) is -0.208. The van der Waals surface area contributed by atoms with Crippen molar-refractivity contribution in [1.82, 2.24) is 4.37 Å². The number of nitrogens with zero attached hydrogens (tertiary/aromatic N) is 2. The SMILES string of the molecule is N#Cc1c(Cl)nsc1NC[C@H](O)c1ccccc1C(F)(F)F. The van der Waals surface area contributed by atoms with Crippen molar-refractivity contribution in [2.24, 2.45) is 0 Å². The Morgan fingerprint density at radius 1 is 1.41 bits per heavy atom. The summed E-state index contributed by atoms with van der Waals surface area (Å²) in [5.74, 6) is 0. The third-order valence-corrected chi connectivity index (χ3v) is 4.02. The molecule has 1 aromatic heterocycles. The number of nitrogens with one attached hydrogen (secondary N) is 1. The van der Waals surface area contributed by atoms with E-state index in [4.69, 9.17) is 16.9 Å². The molecule has 0 spiro atoms. The van der Waals surface area contributed by atoms with E-state index in [0.717, 1.165) is 17.6 Å². The van der Waals surface area contributed by atoms with Crippen LogP contribution in [0, 0.1) is 11.3 Å². The molecular weight excluding hydrogens is 339 g/mol. The van der Waals surface area contributed by atoms with Gasteiger partial charge in [0.1, 0.15) is 16.6 Å². The molecule has 0 bridgehead atoms. The highest BCUT2D eigenvalue weighted by atomic mass is 35.5. The second kappa shape index (κ2) is 6.52. The number of nitriles is 1. The first kappa shape index (κ1) is 16.5. The lowest BCUT2D eigenvalue weighted by Crippen LogP contribution is -2.17. The number of aromatic nitrogens is 1. The zero-order valence-corrected chi connectivity index (χ0v) is 12.4. The Morgan fingerprint density at radius 2 is 2.09 bits per heavy atom. The standard InChI is InChI=1S/C13H9ClF3N3OS/c14-11-8(5-18)12(22-20-11)19-6-10(21)7-3-1-2-4-9(7)13(15,16)17/h1-4,10,19,21H,6H2/t10-/m0/s1. The maximum atomic E-state index is 12.9. The molecule has 0 aliphatic carbocycles. The maximum Gasteiger partial charge on any atom is 0.416 e. The molecular formula is C13H9ClF3N3OS. The van der Waals surface area contributed by atoms with Crippen molar-refractivity contribution in [1.29, 1.82) is 5.26 Å². The van der Waals surface area contributed by atoms with Gasteiger partial charge < -0.3 is 10.4 Å². The van der Waals surface area contributed by atoms with E-state index in [-0.39, 0.29) is 22.8 Å². The van der Waals surface area contributed by atoms with Crippen LogP contribution in [-0.2, 0) is 6.18 Å². The fourth-order valence-electron chi connectivity index (χ4n) is 1.83. The maximum absolute atomic E-state index is 12.9. The Labute approximate surface area is 132 Å². The fraction of sp³-hybridized carbons (Fsp3) is 0.231. The van der Waals surface area contributed by atoms with Crippen LogP contribution >= 0.6 is 23.1 Å². The van der Waals surface area contributed by atoms with Gasteiger partial charge in [0.15, 0.2) is 5.15 Å². The molecule has 0 radical (unpaired) electrons. The van der Waals surface area contributed by atoms with Crippen LogP contribution in [-0.4, -0.2) is 16.0 Å². The minimum atomic E-state index is -4.55. The highest BCUT2D eigenvalue weighted by Crippen LogP contribution is 2.35. The predicted molar refractivity (Wildman–Crippen MR) is 76.7 cm³/mol. The van der Waals surface area contributed by atoms with Crippen LogP contribution in [0.25, 0.3) is 0 Å². The molecule has 0 unspecified atom stereocenters. The van der Waals surface area contributed by atoms with Crippen molar-refractivity contribution in [2.75, 3.05) is 11.9 Å². The number of benzene rings is 1. The lowest BCUT2D eigenvalue weighted by atomic mass is 10.0. The largest absolute Gasteiger partial charge is 0.416 e. The second-order valence-electron chi connectivity index (χ2n) is 4.27. The van der Waals surface area contributed by atoms with Crippen molar-refractivity contribution < 1.29 is 18.3 Å². The number of alkyl halides is 3. The van der Waals surface area contributed by atoms with E-state index in [0.29, 0.717) is 5.00 Å². The van der Waals surface area contributed by atoms with Crippen LogP contribution < -0.4 is 5.32 Å². The summed E-state index contributed by atoms with van der Waals surface area (Å²) in [5.41, 5.74) is -1.04. The quantitative estimate of drug-likeness (QED) is 0.882. The highest BCUT2D eigenvalue weighted by molar-refractivity contribution is 7.10. The molecule has 116 valence electrons. The molecule has 0 aliphatic rings. The smallest absolute Gasteiger partial charge is 0.387 e. The van der Waals surface area contributed by atoms with Crippen molar-refractivity contribution in [3.63, 3.8) is 0 Å². The van der Waals surface area contributed by atoms with Crippen molar-refractivity contribution in [3.8, 4) is 6.07 Å². The fourth-order valence-corrected chi connectivity index (χ4v) is 2.77. The van der Waals surface area contributed by atoms with Crippen LogP contribution in [0.15, 0.2) is 24.3 Å². The lowest BCUT2D eigenvalue weighted by Gasteiger charge is -2.17. The average Bonchev–Trinajstić information content (AvgIpc) is 2.84. The van der Waals surface area contributed by atoms with Crippen molar-refractivity contribution >= 4 is 28.1 Å². The first-order valence-corrected chi connectivity index (χ1v) is 7.13. The molecule has 1 atom stereocenters. The highest BCUT2D eigenvalue weighted by Gasteiger charge is 2.34. The summed E-state index contributed by atoms with van der Waals surface area (Å²) in [6.07, 6.45) is -5.95. The van der Waals surface area contributed by atoms with Gasteiger partial charge in [0.05, 0.1) is 11.7 Å². The molecule has 9 heteroatoms. The first-order chi connectivity index (χ1) is 10.3. The van der Waals surface area contributed by atoms with Gasteiger partial charge in [-0.25, -0.2) is 0 Å². The number of hydrogen-bond donors (Lipinski definition) is 2. The average molecular weight is 348 g/mol. The minimum Gasteiger partial charge on any atom is -0.387 e. The van der Waals surface area contributed by atoms with Crippen molar-refractivity contribution in [2.45, 2.75) is 12.3 Å². The molecule has 2 aromatic rings. The molecule has 2 N–H and O–H groups in total. The zero-order chi connectivity index (χ0) is 16.3. The molecule has 0 saturated carbocycles. The van der Waals surface area contributed by atoms with E-state index in [2.05, 4.69) is 9.69 Å². The van der Waals surface area contributed by atoms with E-state index < -0.39 is 17.8 Å². The second-order valence-corrected chi connectivity index (χ2v) is 5.40. The number of halogens is 4. The molecule has 2 rings (SSSR count). The van der Waals surface area contributed by atoms with Gasteiger partial charge >= 0.3 is 6.18 Å². The normalized spacial score (nSPS) is 12.7. The number of hydrogen-bond acceptors (Lipinski definition) is 5. The molecule has 0 aliphatic heterocycles. The van der Waals surface area contributed by atoms with Crippen LogP contribution in [0.5, 0.6) is 0 Å². The minimum absolute atomic E-state index is 0.0141. The summed E-state index contributed by atoms with van der Waals surface area (Å²) in [7, 11) is 0. The summed E-state index contributed by atoms with van der Waals surface area (Å²) in [4.78, 5) is 0. The van der Waals surface area contributed by atoms with Crippen LogP contribution in [0.3, 0.4) is 0 Å². The van der Waals surface area contributed by atoms with Gasteiger partial charge in [-0.3, -0.25) is 0 Å². The number of anilines is 1.